The summed E-state index contributed by atoms with van der Waals surface area (Å²) in [7, 11) is 0. The number of unbranched alkanes of at least 4 members (excludes halogenated alkanes) is 4. The maximum atomic E-state index is 11.5. The molecule has 0 aromatic heterocycles. The zero-order valence-electron chi connectivity index (χ0n) is 12.0. The van der Waals surface area contributed by atoms with E-state index in [1.54, 1.807) is 0 Å². The molecule has 0 radical (unpaired) electrons. The minimum Gasteiger partial charge on any atom is -0.481 e. The molecule has 0 unspecified atom stereocenters. The van der Waals surface area contributed by atoms with Crippen molar-refractivity contribution in [3.8, 4) is 0 Å². The number of carboxylic acids is 2. The van der Waals surface area contributed by atoms with E-state index in [1.165, 1.54) is 0 Å². The number of hydrogen-bond acceptors (Lipinski definition) is 4. The van der Waals surface area contributed by atoms with Gasteiger partial charge in [-0.25, -0.2) is 0 Å². The van der Waals surface area contributed by atoms with Crippen LogP contribution in [-0.2, 0) is 19.2 Å². The van der Waals surface area contributed by atoms with Crippen LogP contribution in [0.4, 0.5) is 0 Å². The molecule has 0 saturated heterocycles. The third kappa shape index (κ3) is 5.11. The standard InChI is InChI=1S/C14H22O6/c1-10(15)14(11(2)16,13(19)20)9-7-5-3-4-6-8-12(17)18/h3-9H2,1-2H3,(H,17,18)(H,19,20). The van der Waals surface area contributed by atoms with Crippen LogP contribution < -0.4 is 0 Å². The van der Waals surface area contributed by atoms with Gasteiger partial charge in [0.15, 0.2) is 17.0 Å². The van der Waals surface area contributed by atoms with Crippen LogP contribution in [0, 0.1) is 5.41 Å². The van der Waals surface area contributed by atoms with Gasteiger partial charge in [0, 0.05) is 6.42 Å². The van der Waals surface area contributed by atoms with Crippen LogP contribution in [0.25, 0.3) is 0 Å². The first kappa shape index (κ1) is 18.3. The van der Waals surface area contributed by atoms with Crippen molar-refractivity contribution in [3.05, 3.63) is 0 Å². The summed E-state index contributed by atoms with van der Waals surface area (Å²) in [4.78, 5) is 44.6. The molecule has 0 aliphatic carbocycles. The lowest BCUT2D eigenvalue weighted by atomic mass is 9.76. The summed E-state index contributed by atoms with van der Waals surface area (Å²) in [5.41, 5.74) is -1.92. The highest BCUT2D eigenvalue weighted by Gasteiger charge is 2.47. The van der Waals surface area contributed by atoms with E-state index < -0.39 is 28.9 Å². The fourth-order valence-corrected chi connectivity index (χ4v) is 2.20. The quantitative estimate of drug-likeness (QED) is 0.444. The molecule has 6 nitrogen and oxygen atoms in total. The normalized spacial score (nSPS) is 11.1. The Labute approximate surface area is 118 Å². The van der Waals surface area contributed by atoms with Gasteiger partial charge in [0.2, 0.25) is 0 Å². The Balaban J connectivity index is 4.24. The van der Waals surface area contributed by atoms with Gasteiger partial charge in [-0.1, -0.05) is 25.7 Å². The third-order valence-corrected chi connectivity index (χ3v) is 3.51. The second-order valence-electron chi connectivity index (χ2n) is 4.98. The van der Waals surface area contributed by atoms with Gasteiger partial charge >= 0.3 is 11.9 Å². The predicted molar refractivity (Wildman–Crippen MR) is 71.4 cm³/mol. The second kappa shape index (κ2) is 8.45. The zero-order valence-corrected chi connectivity index (χ0v) is 12.0. The lowest BCUT2D eigenvalue weighted by molar-refractivity contribution is -0.159. The minimum absolute atomic E-state index is 0.00588. The fourth-order valence-electron chi connectivity index (χ4n) is 2.20. The Morgan fingerprint density at radius 3 is 1.65 bits per heavy atom. The molecule has 0 aromatic rings. The number of rotatable bonds is 11. The molecule has 0 fully saturated rings. The lowest BCUT2D eigenvalue weighted by Crippen LogP contribution is -2.44. The molecular weight excluding hydrogens is 264 g/mol. The number of aliphatic carboxylic acids is 2. The number of carbonyl (C=O) groups excluding carboxylic acids is 2. The first-order chi connectivity index (χ1) is 9.25. The van der Waals surface area contributed by atoms with Gasteiger partial charge < -0.3 is 10.2 Å². The van der Waals surface area contributed by atoms with E-state index in [2.05, 4.69) is 0 Å². The second-order valence-corrected chi connectivity index (χ2v) is 4.98. The van der Waals surface area contributed by atoms with Gasteiger partial charge in [0.1, 0.15) is 0 Å². The topological polar surface area (TPSA) is 109 Å². The molecule has 2 N–H and O–H groups in total. The molecule has 114 valence electrons. The van der Waals surface area contributed by atoms with Crippen molar-refractivity contribution in [3.63, 3.8) is 0 Å². The molecule has 0 heterocycles. The van der Waals surface area contributed by atoms with Crippen LogP contribution in [0.2, 0.25) is 0 Å². The average Bonchev–Trinajstić information content (AvgIpc) is 2.30. The molecule has 0 saturated carbocycles. The first-order valence-corrected chi connectivity index (χ1v) is 6.72. The molecule has 0 atom stereocenters. The summed E-state index contributed by atoms with van der Waals surface area (Å²) in [6, 6.07) is 0. The molecule has 0 aromatic carbocycles. The fraction of sp³-hybridized carbons (Fsp3) is 0.714. The van der Waals surface area contributed by atoms with Gasteiger partial charge in [-0.15, -0.1) is 0 Å². The van der Waals surface area contributed by atoms with E-state index in [1.807, 2.05) is 0 Å². The molecule has 0 aliphatic heterocycles. The van der Waals surface area contributed by atoms with Crippen molar-refractivity contribution in [2.24, 2.45) is 5.41 Å². The highest BCUT2D eigenvalue weighted by molar-refractivity contribution is 6.20. The number of Topliss-reactive ketones (excluding diaryl/α,β-unsaturated/α-hetero) is 2. The van der Waals surface area contributed by atoms with Crippen LogP contribution in [0.15, 0.2) is 0 Å². The predicted octanol–water partition coefficient (Wildman–Crippen LogP) is 2.05. The van der Waals surface area contributed by atoms with E-state index in [4.69, 9.17) is 10.2 Å². The Kier molecular flexibility index (Phi) is 7.72. The monoisotopic (exact) mass is 286 g/mol. The maximum absolute atomic E-state index is 11.5. The highest BCUT2D eigenvalue weighted by atomic mass is 16.4. The van der Waals surface area contributed by atoms with Gasteiger partial charge in [0.05, 0.1) is 0 Å². The molecule has 0 bridgehead atoms. The summed E-state index contributed by atoms with van der Waals surface area (Å²) in [6.45, 7) is 2.25. The number of hydrogen-bond donors (Lipinski definition) is 2. The Bertz CT molecular complexity index is 349. The summed E-state index contributed by atoms with van der Waals surface area (Å²) in [5, 5.41) is 17.6. The Hall–Kier alpha value is -1.72. The number of ketones is 2. The summed E-state index contributed by atoms with van der Waals surface area (Å²) in [6.07, 6.45) is 3.35. The number of carbonyl (C=O) groups is 4. The van der Waals surface area contributed by atoms with E-state index >= 15 is 0 Å². The average molecular weight is 286 g/mol. The van der Waals surface area contributed by atoms with Crippen molar-refractivity contribution >= 4 is 23.5 Å². The van der Waals surface area contributed by atoms with E-state index in [0.717, 1.165) is 26.7 Å². The molecule has 0 rings (SSSR count). The highest BCUT2D eigenvalue weighted by Crippen LogP contribution is 2.28. The molecule has 6 heteroatoms. The third-order valence-electron chi connectivity index (χ3n) is 3.51. The van der Waals surface area contributed by atoms with Crippen molar-refractivity contribution < 1.29 is 29.4 Å². The van der Waals surface area contributed by atoms with Gasteiger partial charge in [-0.05, 0) is 26.7 Å². The number of carboxylic acid groups (broad SMARTS) is 2. The Morgan fingerprint density at radius 2 is 1.25 bits per heavy atom. The van der Waals surface area contributed by atoms with Crippen LogP contribution in [-0.4, -0.2) is 33.7 Å². The molecule has 0 aliphatic rings. The van der Waals surface area contributed by atoms with E-state index in [9.17, 15) is 19.2 Å². The molecule has 0 amide bonds. The first-order valence-electron chi connectivity index (χ1n) is 6.72. The van der Waals surface area contributed by atoms with Gasteiger partial charge in [0.25, 0.3) is 0 Å². The summed E-state index contributed by atoms with van der Waals surface area (Å²) < 4.78 is 0. The smallest absolute Gasteiger partial charge is 0.324 e. The van der Waals surface area contributed by atoms with E-state index in [0.29, 0.717) is 19.3 Å². The minimum atomic E-state index is -1.92. The van der Waals surface area contributed by atoms with Gasteiger partial charge in [-0.3, -0.25) is 19.2 Å². The molecule has 20 heavy (non-hydrogen) atoms. The largest absolute Gasteiger partial charge is 0.481 e. The SMILES string of the molecule is CC(=O)C(CCCCCCCC(=O)O)(C(C)=O)C(=O)O. The van der Waals surface area contributed by atoms with Crippen LogP contribution in [0.1, 0.15) is 58.8 Å². The molecular formula is C14H22O6. The van der Waals surface area contributed by atoms with Crippen LogP contribution in [0.3, 0.4) is 0 Å². The summed E-state index contributed by atoms with van der Waals surface area (Å²) in [5.74, 6) is -3.49. The molecule has 0 spiro atoms. The van der Waals surface area contributed by atoms with Crippen LogP contribution in [0.5, 0.6) is 0 Å². The maximum Gasteiger partial charge on any atom is 0.324 e. The van der Waals surface area contributed by atoms with Crippen molar-refractivity contribution in [2.75, 3.05) is 0 Å². The zero-order chi connectivity index (χ0) is 15.8. The van der Waals surface area contributed by atoms with Gasteiger partial charge in [-0.2, -0.15) is 0 Å². The van der Waals surface area contributed by atoms with Crippen molar-refractivity contribution in [2.45, 2.75) is 58.8 Å². The summed E-state index contributed by atoms with van der Waals surface area (Å²) >= 11 is 0. The van der Waals surface area contributed by atoms with Crippen LogP contribution >= 0.6 is 0 Å². The van der Waals surface area contributed by atoms with Crippen molar-refractivity contribution in [1.82, 2.24) is 0 Å². The van der Waals surface area contributed by atoms with Crippen molar-refractivity contribution in [1.29, 1.82) is 0 Å². The van der Waals surface area contributed by atoms with E-state index in [-0.39, 0.29) is 12.8 Å². The lowest BCUT2D eigenvalue weighted by Gasteiger charge is -2.23. The Morgan fingerprint density at radius 1 is 0.800 bits per heavy atom.